The third-order valence-electron chi connectivity index (χ3n) is 3.52. The molecule has 0 unspecified atom stereocenters. The Balaban J connectivity index is 1.50. The van der Waals surface area contributed by atoms with Crippen molar-refractivity contribution < 1.29 is 9.53 Å². The highest BCUT2D eigenvalue weighted by atomic mass is 16.5. The molecule has 25 heavy (non-hydrogen) atoms. The maximum absolute atomic E-state index is 12.0. The summed E-state index contributed by atoms with van der Waals surface area (Å²) in [5, 5.41) is 5.50. The number of nitrogens with one attached hydrogen (secondary N) is 2. The van der Waals surface area contributed by atoms with Crippen molar-refractivity contribution in [3.05, 3.63) is 60.9 Å². The smallest absolute Gasteiger partial charge is 0.320 e. The molecule has 0 spiro atoms. The molecular formula is C17H18N6O2. The second kappa shape index (κ2) is 7.91. The first-order valence-corrected chi connectivity index (χ1v) is 7.73. The van der Waals surface area contributed by atoms with Gasteiger partial charge in [-0.25, -0.2) is 19.7 Å². The Morgan fingerprint density at radius 3 is 2.80 bits per heavy atom. The topological polar surface area (TPSA) is 94.0 Å². The molecule has 0 aliphatic rings. The Morgan fingerprint density at radius 2 is 2.08 bits per heavy atom. The Hall–Kier alpha value is -3.42. The molecule has 1 aromatic carbocycles. The van der Waals surface area contributed by atoms with Gasteiger partial charge in [0, 0.05) is 25.0 Å². The van der Waals surface area contributed by atoms with Crippen LogP contribution in [-0.2, 0) is 6.42 Å². The molecule has 2 N–H and O–H groups in total. The largest absolute Gasteiger partial charge is 0.497 e. The van der Waals surface area contributed by atoms with E-state index in [2.05, 4.69) is 25.6 Å². The van der Waals surface area contributed by atoms with Crippen molar-refractivity contribution in [2.24, 2.45) is 0 Å². The predicted octanol–water partition coefficient (Wildman–Crippen LogP) is 2.04. The lowest BCUT2D eigenvalue weighted by atomic mass is 10.1. The second-order valence-corrected chi connectivity index (χ2v) is 5.21. The summed E-state index contributed by atoms with van der Waals surface area (Å²) in [4.78, 5) is 24.1. The molecule has 2 aromatic heterocycles. The molecule has 0 saturated heterocycles. The highest BCUT2D eigenvalue weighted by Gasteiger charge is 2.05. The number of hydrogen-bond acceptors (Lipinski definition) is 5. The predicted molar refractivity (Wildman–Crippen MR) is 92.9 cm³/mol. The van der Waals surface area contributed by atoms with Crippen molar-refractivity contribution in [3.8, 4) is 11.6 Å². The molecule has 8 nitrogen and oxygen atoms in total. The van der Waals surface area contributed by atoms with Gasteiger partial charge in [0.25, 0.3) is 0 Å². The summed E-state index contributed by atoms with van der Waals surface area (Å²) < 4.78 is 6.85. The van der Waals surface area contributed by atoms with E-state index in [1.807, 2.05) is 24.3 Å². The number of carbonyl (C=O) groups excluding carboxylic acids is 1. The number of urea groups is 1. The highest BCUT2D eigenvalue weighted by Crippen LogP contribution is 2.11. The number of carbonyl (C=O) groups is 1. The van der Waals surface area contributed by atoms with Gasteiger partial charge >= 0.3 is 6.03 Å². The van der Waals surface area contributed by atoms with Crippen molar-refractivity contribution in [2.45, 2.75) is 6.42 Å². The number of ether oxygens (including phenoxy) is 1. The molecule has 0 aliphatic heterocycles. The van der Waals surface area contributed by atoms with Crippen LogP contribution in [0.4, 0.5) is 10.6 Å². The summed E-state index contributed by atoms with van der Waals surface area (Å²) in [5.74, 6) is 1.86. The van der Waals surface area contributed by atoms with Gasteiger partial charge in [0.1, 0.15) is 30.0 Å². The molecule has 2 amide bonds. The third kappa shape index (κ3) is 4.54. The van der Waals surface area contributed by atoms with Crippen LogP contribution < -0.4 is 15.4 Å². The molecule has 0 atom stereocenters. The lowest BCUT2D eigenvalue weighted by Gasteiger charge is -2.08. The lowest BCUT2D eigenvalue weighted by molar-refractivity contribution is 0.252. The van der Waals surface area contributed by atoms with E-state index >= 15 is 0 Å². The Morgan fingerprint density at radius 1 is 1.24 bits per heavy atom. The molecule has 0 bridgehead atoms. The van der Waals surface area contributed by atoms with E-state index in [0.717, 1.165) is 17.7 Å². The number of anilines is 1. The Labute approximate surface area is 144 Å². The molecule has 0 fully saturated rings. The van der Waals surface area contributed by atoms with Gasteiger partial charge in [-0.1, -0.05) is 12.1 Å². The van der Waals surface area contributed by atoms with E-state index in [1.165, 1.54) is 6.33 Å². The van der Waals surface area contributed by atoms with Gasteiger partial charge in [-0.05, 0) is 24.1 Å². The van der Waals surface area contributed by atoms with Gasteiger partial charge in [0.15, 0.2) is 0 Å². The number of aromatic nitrogens is 4. The number of amides is 2. The van der Waals surface area contributed by atoms with E-state index in [9.17, 15) is 4.79 Å². The summed E-state index contributed by atoms with van der Waals surface area (Å²) >= 11 is 0. The van der Waals surface area contributed by atoms with Crippen molar-refractivity contribution >= 4 is 11.8 Å². The van der Waals surface area contributed by atoms with E-state index in [0.29, 0.717) is 18.2 Å². The van der Waals surface area contributed by atoms with Crippen LogP contribution >= 0.6 is 0 Å². The van der Waals surface area contributed by atoms with Crippen LogP contribution in [0, 0.1) is 0 Å². The zero-order valence-electron chi connectivity index (χ0n) is 13.7. The first-order chi connectivity index (χ1) is 12.2. The zero-order valence-corrected chi connectivity index (χ0v) is 13.7. The Bertz CT molecular complexity index is 817. The maximum Gasteiger partial charge on any atom is 0.320 e. The monoisotopic (exact) mass is 338 g/mol. The maximum atomic E-state index is 12.0. The standard InChI is InChI=1S/C17H18N6O2/c1-25-14-4-2-13(3-5-14)6-7-19-17(24)22-15-10-16(21-11-20-15)23-9-8-18-12-23/h2-5,8-12H,6-7H2,1H3,(H2,19,20,21,22,24). The van der Waals surface area contributed by atoms with E-state index in [-0.39, 0.29) is 6.03 Å². The molecule has 0 radical (unpaired) electrons. The van der Waals surface area contributed by atoms with Crippen LogP contribution in [0.2, 0.25) is 0 Å². The fourth-order valence-electron chi connectivity index (χ4n) is 2.22. The average molecular weight is 338 g/mol. The minimum Gasteiger partial charge on any atom is -0.497 e. The molecule has 2 heterocycles. The first kappa shape index (κ1) is 16.4. The normalized spacial score (nSPS) is 10.3. The summed E-state index contributed by atoms with van der Waals surface area (Å²) in [7, 11) is 1.63. The number of benzene rings is 1. The van der Waals surface area contributed by atoms with Crippen LogP contribution in [0.25, 0.3) is 5.82 Å². The Kier molecular flexibility index (Phi) is 5.20. The summed E-state index contributed by atoms with van der Waals surface area (Å²) in [5.41, 5.74) is 1.12. The second-order valence-electron chi connectivity index (χ2n) is 5.21. The molecular weight excluding hydrogens is 320 g/mol. The molecule has 3 rings (SSSR count). The average Bonchev–Trinajstić information content (AvgIpc) is 3.17. The van der Waals surface area contributed by atoms with Gasteiger partial charge in [-0.2, -0.15) is 0 Å². The number of rotatable bonds is 6. The van der Waals surface area contributed by atoms with Crippen LogP contribution in [0.3, 0.4) is 0 Å². The van der Waals surface area contributed by atoms with Gasteiger partial charge in [-0.3, -0.25) is 9.88 Å². The SMILES string of the molecule is COc1ccc(CCNC(=O)Nc2cc(-n3ccnc3)ncn2)cc1. The minimum absolute atomic E-state index is 0.316. The van der Waals surface area contributed by atoms with E-state index in [4.69, 9.17) is 4.74 Å². The van der Waals surface area contributed by atoms with Gasteiger partial charge in [0.05, 0.1) is 7.11 Å². The lowest BCUT2D eigenvalue weighted by Crippen LogP contribution is -2.30. The number of hydrogen-bond donors (Lipinski definition) is 2. The number of methoxy groups -OCH3 is 1. The number of imidazole rings is 1. The molecule has 128 valence electrons. The minimum atomic E-state index is -0.316. The zero-order chi connectivity index (χ0) is 17.5. The van der Waals surface area contributed by atoms with Crippen LogP contribution in [0.5, 0.6) is 5.75 Å². The molecule has 8 heteroatoms. The van der Waals surface area contributed by atoms with E-state index < -0.39 is 0 Å². The van der Waals surface area contributed by atoms with E-state index in [1.54, 1.807) is 36.5 Å². The van der Waals surface area contributed by atoms with Crippen LogP contribution in [0.1, 0.15) is 5.56 Å². The summed E-state index contributed by atoms with van der Waals surface area (Å²) in [6, 6.07) is 9.09. The fraction of sp³-hybridized carbons (Fsp3) is 0.176. The van der Waals surface area contributed by atoms with Crippen LogP contribution in [-0.4, -0.2) is 39.2 Å². The van der Waals surface area contributed by atoms with Crippen molar-refractivity contribution in [1.82, 2.24) is 24.8 Å². The van der Waals surface area contributed by atoms with Crippen molar-refractivity contribution in [1.29, 1.82) is 0 Å². The summed E-state index contributed by atoms with van der Waals surface area (Å²) in [6.45, 7) is 0.512. The quantitative estimate of drug-likeness (QED) is 0.717. The summed E-state index contributed by atoms with van der Waals surface area (Å²) in [6.07, 6.45) is 7.16. The van der Waals surface area contributed by atoms with Crippen molar-refractivity contribution in [2.75, 3.05) is 19.0 Å². The van der Waals surface area contributed by atoms with Crippen molar-refractivity contribution in [3.63, 3.8) is 0 Å². The molecule has 0 aliphatic carbocycles. The molecule has 0 saturated carbocycles. The number of nitrogens with zero attached hydrogens (tertiary/aromatic N) is 4. The highest BCUT2D eigenvalue weighted by molar-refractivity contribution is 5.88. The fourth-order valence-corrected chi connectivity index (χ4v) is 2.22. The first-order valence-electron chi connectivity index (χ1n) is 7.73. The molecule has 3 aromatic rings. The van der Waals surface area contributed by atoms with Gasteiger partial charge < -0.3 is 10.1 Å². The van der Waals surface area contributed by atoms with Crippen LogP contribution in [0.15, 0.2) is 55.4 Å². The van der Waals surface area contributed by atoms with Gasteiger partial charge in [-0.15, -0.1) is 0 Å². The third-order valence-corrected chi connectivity index (χ3v) is 3.52. The van der Waals surface area contributed by atoms with Gasteiger partial charge in [0.2, 0.25) is 0 Å².